The molecule has 2 atom stereocenters. The van der Waals surface area contributed by atoms with Crippen LogP contribution in [0, 0.1) is 5.92 Å². The summed E-state index contributed by atoms with van der Waals surface area (Å²) < 4.78 is 2.49. The molecule has 0 spiro atoms. The molecule has 2 aliphatic carbocycles. The molecule has 2 heterocycles. The van der Waals surface area contributed by atoms with Crippen molar-refractivity contribution in [2.45, 2.75) is 32.1 Å². The second-order valence-corrected chi connectivity index (χ2v) is 14.0. The van der Waals surface area contributed by atoms with E-state index in [9.17, 15) is 0 Å². The summed E-state index contributed by atoms with van der Waals surface area (Å²) in [6.45, 7) is 7.01. The average Bonchev–Trinajstić information content (AvgIpc) is 3.46. The van der Waals surface area contributed by atoms with Crippen LogP contribution in [-0.2, 0) is 5.41 Å². The van der Waals surface area contributed by atoms with Gasteiger partial charge in [-0.2, -0.15) is 0 Å². The number of rotatable bonds is 4. The number of nitrogens with zero attached hydrogens (tertiary/aromatic N) is 2. The number of fused-ring (bicyclic) bond motifs is 7. The Morgan fingerprint density at radius 3 is 2.08 bits per heavy atom. The largest absolute Gasteiger partial charge is 0.309 e. The van der Waals surface area contributed by atoms with Gasteiger partial charge < -0.3 is 4.57 Å². The van der Waals surface area contributed by atoms with Crippen molar-refractivity contribution >= 4 is 10.9 Å². The lowest BCUT2D eigenvalue weighted by Gasteiger charge is -2.28. The first-order chi connectivity index (χ1) is 24.0. The molecule has 0 saturated carbocycles. The number of benzene rings is 5. The second-order valence-electron chi connectivity index (χ2n) is 14.0. The van der Waals surface area contributed by atoms with Gasteiger partial charge in [0.2, 0.25) is 0 Å². The van der Waals surface area contributed by atoms with Crippen molar-refractivity contribution in [3.63, 3.8) is 0 Å². The number of aromatic nitrogens is 2. The Morgan fingerprint density at radius 1 is 0.592 bits per heavy atom. The zero-order valence-corrected chi connectivity index (χ0v) is 28.1. The summed E-state index contributed by atoms with van der Waals surface area (Å²) in [5.74, 6) is 0.619. The predicted molar refractivity (Wildman–Crippen MR) is 205 cm³/mol. The van der Waals surface area contributed by atoms with E-state index in [4.69, 9.17) is 4.98 Å². The first-order valence-corrected chi connectivity index (χ1v) is 17.4. The number of hydrogen-bond acceptors (Lipinski definition) is 1. The van der Waals surface area contributed by atoms with Crippen LogP contribution >= 0.6 is 0 Å². The van der Waals surface area contributed by atoms with Gasteiger partial charge >= 0.3 is 0 Å². The first-order valence-electron chi connectivity index (χ1n) is 17.4. The molecule has 2 aliphatic rings. The molecule has 2 heteroatoms. The van der Waals surface area contributed by atoms with Crippen molar-refractivity contribution in [3.8, 4) is 50.5 Å². The van der Waals surface area contributed by atoms with Crippen LogP contribution in [0.1, 0.15) is 43.5 Å². The number of allylic oxidation sites excluding steroid dienone is 4. The van der Waals surface area contributed by atoms with E-state index in [-0.39, 0.29) is 11.3 Å². The van der Waals surface area contributed by atoms with E-state index in [0.717, 1.165) is 28.2 Å². The summed E-state index contributed by atoms with van der Waals surface area (Å²) in [4.78, 5) is 5.47. The maximum Gasteiger partial charge on any atom is 0.0784 e. The molecule has 2 aromatic heterocycles. The van der Waals surface area contributed by atoms with Gasteiger partial charge in [-0.3, -0.25) is 4.98 Å². The van der Waals surface area contributed by atoms with Gasteiger partial charge in [0.1, 0.15) is 0 Å². The molecule has 49 heavy (non-hydrogen) atoms. The van der Waals surface area contributed by atoms with Gasteiger partial charge in [0.25, 0.3) is 0 Å². The van der Waals surface area contributed by atoms with Gasteiger partial charge in [-0.1, -0.05) is 160 Å². The monoisotopic (exact) mass is 630 g/mol. The smallest absolute Gasteiger partial charge is 0.0784 e. The van der Waals surface area contributed by atoms with Crippen molar-refractivity contribution < 1.29 is 0 Å². The fraction of sp³-hybridized carbons (Fsp3) is 0.128. The summed E-state index contributed by atoms with van der Waals surface area (Å²) in [6.07, 6.45) is 8.86. The van der Waals surface area contributed by atoms with Crippen molar-refractivity contribution in [1.29, 1.82) is 0 Å². The molecule has 0 aliphatic heterocycles. The molecule has 0 radical (unpaired) electrons. The molecule has 2 nitrogen and oxygen atoms in total. The molecule has 9 rings (SSSR count). The topological polar surface area (TPSA) is 17.8 Å². The molecule has 0 N–H and O–H groups in total. The minimum absolute atomic E-state index is 0.172. The Bertz CT molecular complexity index is 2440. The van der Waals surface area contributed by atoms with Crippen LogP contribution in [0.15, 0.2) is 164 Å². The number of pyridine rings is 1. The molecular weight excluding hydrogens is 593 g/mol. The van der Waals surface area contributed by atoms with Crippen LogP contribution in [0.4, 0.5) is 0 Å². The average molecular weight is 631 g/mol. The minimum Gasteiger partial charge on any atom is -0.309 e. The Morgan fingerprint density at radius 2 is 1.27 bits per heavy atom. The Labute approximate surface area is 288 Å². The molecule has 0 bridgehead atoms. The Kier molecular flexibility index (Phi) is 6.88. The quantitative estimate of drug-likeness (QED) is 0.189. The van der Waals surface area contributed by atoms with E-state index in [1.54, 1.807) is 0 Å². The van der Waals surface area contributed by atoms with Crippen molar-refractivity contribution in [2.24, 2.45) is 5.92 Å². The van der Waals surface area contributed by atoms with E-state index in [2.05, 4.69) is 189 Å². The normalized spacial score (nSPS) is 17.3. The molecule has 0 fully saturated rings. The van der Waals surface area contributed by atoms with Crippen LogP contribution in [-0.4, -0.2) is 9.55 Å². The van der Waals surface area contributed by atoms with Crippen LogP contribution in [0.2, 0.25) is 0 Å². The molecule has 236 valence electrons. The van der Waals surface area contributed by atoms with Gasteiger partial charge in [0.05, 0.1) is 16.9 Å². The van der Waals surface area contributed by atoms with Crippen molar-refractivity contribution in [1.82, 2.24) is 9.55 Å². The highest BCUT2D eigenvalue weighted by Gasteiger charge is 2.36. The molecule has 7 aromatic rings. The highest BCUT2D eigenvalue weighted by molar-refractivity contribution is 6.08. The first kappa shape index (κ1) is 29.4. The third-order valence-corrected chi connectivity index (χ3v) is 10.7. The summed E-state index contributed by atoms with van der Waals surface area (Å²) in [6, 6.07) is 51.1. The Balaban J connectivity index is 1.32. The lowest BCUT2D eigenvalue weighted by atomic mass is 9.75. The highest BCUT2D eigenvalue weighted by atomic mass is 15.0. The molecule has 0 saturated heterocycles. The van der Waals surface area contributed by atoms with Gasteiger partial charge in [0.15, 0.2) is 0 Å². The van der Waals surface area contributed by atoms with Gasteiger partial charge in [-0.05, 0) is 52.4 Å². The second kappa shape index (κ2) is 11.5. The third-order valence-electron chi connectivity index (χ3n) is 10.7. The van der Waals surface area contributed by atoms with Gasteiger partial charge in [0, 0.05) is 50.4 Å². The standard InChI is InChI=1S/C47H38N2/c1-31-16-7-8-21-35(31)42-29-28-36(32-17-5-4-6-18-32)45(48-42)33-19-15-20-34(30-33)49-43-27-14-11-24-39(43)44-37-22-9-12-25-40(37)47(2,3)41-26-13-10-23-38(41)46(44)49/h4-31,35H,1-3H3/t31-,35?/m0/s1. The van der Waals surface area contributed by atoms with Crippen LogP contribution in [0.3, 0.4) is 0 Å². The third kappa shape index (κ3) is 4.66. The van der Waals surface area contributed by atoms with Crippen molar-refractivity contribution in [3.05, 3.63) is 181 Å². The SMILES string of the molecule is C[C@H]1C=CC=CC1c1ccc(-c2ccccc2)c(-c2cccc(-n3c4c(c5ccccc53)-c3ccccc3C(C)(C)c3ccccc3-4)c2)n1. The van der Waals surface area contributed by atoms with Crippen LogP contribution in [0.25, 0.3) is 61.4 Å². The van der Waals surface area contributed by atoms with E-state index in [1.807, 2.05) is 0 Å². The van der Waals surface area contributed by atoms with Gasteiger partial charge in [-0.15, -0.1) is 0 Å². The molecular formula is C47H38N2. The summed E-state index contributed by atoms with van der Waals surface area (Å²) in [5, 5.41) is 1.26. The Hall–Kier alpha value is -5.73. The van der Waals surface area contributed by atoms with Crippen LogP contribution in [0.5, 0.6) is 0 Å². The predicted octanol–water partition coefficient (Wildman–Crippen LogP) is 12.2. The highest BCUT2D eigenvalue weighted by Crippen LogP contribution is 2.52. The summed E-state index contributed by atoms with van der Waals surface area (Å²) >= 11 is 0. The summed E-state index contributed by atoms with van der Waals surface area (Å²) in [5.41, 5.74) is 15.5. The number of hydrogen-bond donors (Lipinski definition) is 0. The lowest BCUT2D eigenvalue weighted by molar-refractivity contribution is 0.621. The summed E-state index contributed by atoms with van der Waals surface area (Å²) in [7, 11) is 0. The van der Waals surface area contributed by atoms with E-state index < -0.39 is 0 Å². The fourth-order valence-corrected chi connectivity index (χ4v) is 8.27. The zero-order valence-electron chi connectivity index (χ0n) is 28.1. The maximum absolute atomic E-state index is 5.47. The maximum atomic E-state index is 5.47. The minimum atomic E-state index is -0.172. The van der Waals surface area contributed by atoms with E-state index in [0.29, 0.717) is 5.92 Å². The molecule has 5 aromatic carbocycles. The van der Waals surface area contributed by atoms with Crippen molar-refractivity contribution in [2.75, 3.05) is 0 Å². The molecule has 0 amide bonds. The van der Waals surface area contributed by atoms with E-state index >= 15 is 0 Å². The van der Waals surface area contributed by atoms with Crippen LogP contribution < -0.4 is 0 Å². The van der Waals surface area contributed by atoms with Gasteiger partial charge in [-0.25, -0.2) is 0 Å². The van der Waals surface area contributed by atoms with E-state index in [1.165, 1.54) is 50.0 Å². The molecule has 1 unspecified atom stereocenters. The lowest BCUT2D eigenvalue weighted by Crippen LogP contribution is -2.20. The fourth-order valence-electron chi connectivity index (χ4n) is 8.27. The zero-order chi connectivity index (χ0) is 33.1. The number of para-hydroxylation sites is 1.